The molecule has 0 radical (unpaired) electrons. The van der Waals surface area contributed by atoms with Crippen LogP contribution in [0.3, 0.4) is 0 Å². The lowest BCUT2D eigenvalue weighted by Crippen LogP contribution is -2.58. The monoisotopic (exact) mass is 240 g/mol. The van der Waals surface area contributed by atoms with E-state index in [9.17, 15) is 9.90 Å². The number of piperidine rings is 1. The first kappa shape index (κ1) is 12.8. The third-order valence-electron chi connectivity index (χ3n) is 4.47. The summed E-state index contributed by atoms with van der Waals surface area (Å²) in [6.07, 6.45) is 7.98. The Bertz CT molecular complexity index is 265. The van der Waals surface area contributed by atoms with Crippen LogP contribution in [0.4, 0.5) is 0 Å². The van der Waals surface area contributed by atoms with Crippen molar-refractivity contribution in [3.63, 3.8) is 0 Å². The molecule has 0 aromatic heterocycles. The highest BCUT2D eigenvalue weighted by molar-refractivity contribution is 5.78. The fraction of sp³-hybridized carbons (Fsp3) is 0.923. The van der Waals surface area contributed by atoms with Gasteiger partial charge in [0, 0.05) is 19.1 Å². The van der Waals surface area contributed by atoms with E-state index in [0.29, 0.717) is 0 Å². The molecule has 0 aromatic carbocycles. The molecule has 2 aliphatic rings. The zero-order valence-corrected chi connectivity index (χ0v) is 10.5. The Hall–Kier alpha value is -0.610. The van der Waals surface area contributed by atoms with Gasteiger partial charge in [-0.05, 0) is 25.7 Å². The predicted molar refractivity (Wildman–Crippen MR) is 66.9 cm³/mol. The van der Waals surface area contributed by atoms with Crippen LogP contribution >= 0.6 is 0 Å². The number of nitrogens with two attached hydrogens (primary N) is 1. The van der Waals surface area contributed by atoms with Crippen molar-refractivity contribution in [3.8, 4) is 0 Å². The summed E-state index contributed by atoms with van der Waals surface area (Å²) in [7, 11) is 0. The topological polar surface area (TPSA) is 66.6 Å². The van der Waals surface area contributed by atoms with E-state index in [-0.39, 0.29) is 6.04 Å². The number of carboxylic acid groups (broad SMARTS) is 1. The number of hydrogen-bond acceptors (Lipinski definition) is 3. The quantitative estimate of drug-likeness (QED) is 0.719. The van der Waals surface area contributed by atoms with Gasteiger partial charge < -0.3 is 10.8 Å². The van der Waals surface area contributed by atoms with Crippen LogP contribution < -0.4 is 5.73 Å². The molecule has 2 fully saturated rings. The van der Waals surface area contributed by atoms with Gasteiger partial charge in [0.15, 0.2) is 0 Å². The smallest absolute Gasteiger partial charge is 0.324 e. The molecule has 2 rings (SSSR count). The molecule has 0 spiro atoms. The molecule has 1 saturated heterocycles. The van der Waals surface area contributed by atoms with Crippen molar-refractivity contribution in [2.45, 2.75) is 62.9 Å². The number of carboxylic acids is 1. The Morgan fingerprint density at radius 2 is 1.65 bits per heavy atom. The average molecular weight is 240 g/mol. The summed E-state index contributed by atoms with van der Waals surface area (Å²) >= 11 is 0. The molecule has 0 aromatic rings. The molecule has 0 atom stereocenters. The van der Waals surface area contributed by atoms with Crippen molar-refractivity contribution in [2.24, 2.45) is 5.73 Å². The average Bonchev–Trinajstić information content (AvgIpc) is 2.56. The van der Waals surface area contributed by atoms with Crippen LogP contribution in [-0.2, 0) is 4.79 Å². The zero-order chi connectivity index (χ0) is 12.3. The van der Waals surface area contributed by atoms with Gasteiger partial charge in [0.2, 0.25) is 0 Å². The van der Waals surface area contributed by atoms with Crippen LogP contribution in [0.25, 0.3) is 0 Å². The van der Waals surface area contributed by atoms with Gasteiger partial charge in [-0.15, -0.1) is 0 Å². The zero-order valence-electron chi connectivity index (χ0n) is 10.5. The summed E-state index contributed by atoms with van der Waals surface area (Å²) in [4.78, 5) is 13.9. The number of likely N-dealkylation sites (tertiary alicyclic amines) is 1. The Morgan fingerprint density at radius 1 is 1.12 bits per heavy atom. The highest BCUT2D eigenvalue weighted by Gasteiger charge is 2.44. The molecule has 17 heavy (non-hydrogen) atoms. The number of carbonyl (C=O) groups is 1. The molecule has 1 aliphatic heterocycles. The van der Waals surface area contributed by atoms with Gasteiger partial charge in [0.25, 0.3) is 0 Å². The minimum atomic E-state index is -0.616. The van der Waals surface area contributed by atoms with E-state index in [1.807, 2.05) is 0 Å². The number of rotatable bonds is 2. The summed E-state index contributed by atoms with van der Waals surface area (Å²) in [5, 5.41) is 9.66. The van der Waals surface area contributed by atoms with Crippen LogP contribution in [-0.4, -0.2) is 40.6 Å². The van der Waals surface area contributed by atoms with E-state index >= 15 is 0 Å². The Labute approximate surface area is 103 Å². The Kier molecular flexibility index (Phi) is 4.05. The van der Waals surface area contributed by atoms with Gasteiger partial charge in [-0.3, -0.25) is 9.69 Å². The Balaban J connectivity index is 2.12. The van der Waals surface area contributed by atoms with Gasteiger partial charge in [0.1, 0.15) is 5.54 Å². The second-order valence-corrected chi connectivity index (χ2v) is 5.58. The van der Waals surface area contributed by atoms with Gasteiger partial charge >= 0.3 is 5.97 Å². The van der Waals surface area contributed by atoms with Gasteiger partial charge in [0.05, 0.1) is 0 Å². The molecule has 0 bridgehead atoms. The molecular formula is C13H24N2O2. The third-order valence-corrected chi connectivity index (χ3v) is 4.47. The third kappa shape index (κ3) is 2.63. The molecular weight excluding hydrogens is 216 g/mol. The van der Waals surface area contributed by atoms with E-state index in [2.05, 4.69) is 4.90 Å². The van der Waals surface area contributed by atoms with E-state index in [0.717, 1.165) is 51.6 Å². The van der Waals surface area contributed by atoms with Crippen molar-refractivity contribution in [1.82, 2.24) is 4.90 Å². The molecule has 1 saturated carbocycles. The van der Waals surface area contributed by atoms with Crippen molar-refractivity contribution in [1.29, 1.82) is 0 Å². The molecule has 1 heterocycles. The summed E-state index contributed by atoms with van der Waals surface area (Å²) < 4.78 is 0. The molecule has 3 N–H and O–H groups in total. The highest BCUT2D eigenvalue weighted by Crippen LogP contribution is 2.34. The lowest BCUT2D eigenvalue weighted by Gasteiger charge is -2.43. The van der Waals surface area contributed by atoms with Crippen LogP contribution in [0.15, 0.2) is 0 Å². The van der Waals surface area contributed by atoms with Gasteiger partial charge in [-0.25, -0.2) is 0 Å². The maximum absolute atomic E-state index is 11.7. The standard InChI is InChI=1S/C13H24N2O2/c14-11-5-9-15(10-6-11)13(12(16)17)7-3-1-2-4-8-13/h11H,1-10,14H2,(H,16,17). The maximum Gasteiger partial charge on any atom is 0.324 e. The number of hydrogen-bond donors (Lipinski definition) is 2. The SMILES string of the molecule is NC1CCN(C2(C(=O)O)CCCCCC2)CC1. The van der Waals surface area contributed by atoms with Crippen LogP contribution in [0, 0.1) is 0 Å². The van der Waals surface area contributed by atoms with Crippen molar-refractivity contribution < 1.29 is 9.90 Å². The predicted octanol–water partition coefficient (Wildman–Crippen LogP) is 1.59. The summed E-state index contributed by atoms with van der Waals surface area (Å²) in [6, 6.07) is 0.267. The summed E-state index contributed by atoms with van der Waals surface area (Å²) in [5.74, 6) is -0.616. The first-order valence-corrected chi connectivity index (χ1v) is 6.89. The lowest BCUT2D eigenvalue weighted by atomic mass is 9.86. The minimum absolute atomic E-state index is 0.267. The second-order valence-electron chi connectivity index (χ2n) is 5.58. The summed E-state index contributed by atoms with van der Waals surface area (Å²) in [5.41, 5.74) is 5.32. The van der Waals surface area contributed by atoms with Gasteiger partial charge in [-0.2, -0.15) is 0 Å². The van der Waals surface area contributed by atoms with Crippen LogP contribution in [0.5, 0.6) is 0 Å². The molecule has 4 heteroatoms. The minimum Gasteiger partial charge on any atom is -0.480 e. The number of aliphatic carboxylic acids is 1. The van der Waals surface area contributed by atoms with E-state index in [4.69, 9.17) is 5.73 Å². The fourth-order valence-corrected chi connectivity index (χ4v) is 3.31. The number of nitrogens with zero attached hydrogens (tertiary/aromatic N) is 1. The fourth-order valence-electron chi connectivity index (χ4n) is 3.31. The van der Waals surface area contributed by atoms with Crippen molar-refractivity contribution in [3.05, 3.63) is 0 Å². The van der Waals surface area contributed by atoms with Crippen LogP contribution in [0.1, 0.15) is 51.4 Å². The highest BCUT2D eigenvalue weighted by atomic mass is 16.4. The molecule has 4 nitrogen and oxygen atoms in total. The van der Waals surface area contributed by atoms with Crippen molar-refractivity contribution >= 4 is 5.97 Å². The first-order valence-electron chi connectivity index (χ1n) is 6.89. The Morgan fingerprint density at radius 3 is 2.12 bits per heavy atom. The first-order chi connectivity index (χ1) is 8.15. The van der Waals surface area contributed by atoms with E-state index < -0.39 is 11.5 Å². The largest absolute Gasteiger partial charge is 0.480 e. The van der Waals surface area contributed by atoms with E-state index in [1.54, 1.807) is 0 Å². The lowest BCUT2D eigenvalue weighted by molar-refractivity contribution is -0.154. The maximum atomic E-state index is 11.7. The molecule has 0 amide bonds. The van der Waals surface area contributed by atoms with Crippen LogP contribution in [0.2, 0.25) is 0 Å². The van der Waals surface area contributed by atoms with E-state index in [1.165, 1.54) is 12.8 Å². The molecule has 98 valence electrons. The second kappa shape index (κ2) is 5.36. The van der Waals surface area contributed by atoms with Gasteiger partial charge in [-0.1, -0.05) is 25.7 Å². The molecule has 0 unspecified atom stereocenters. The van der Waals surface area contributed by atoms with Crippen molar-refractivity contribution in [2.75, 3.05) is 13.1 Å². The summed E-state index contributed by atoms with van der Waals surface area (Å²) in [6.45, 7) is 1.71. The molecule has 1 aliphatic carbocycles. The normalized spacial score (nSPS) is 27.6.